The molecule has 3 aromatic carbocycles. The summed E-state index contributed by atoms with van der Waals surface area (Å²) in [6.07, 6.45) is 0. The predicted molar refractivity (Wildman–Crippen MR) is 94.0 cm³/mol. The first kappa shape index (κ1) is 16.2. The Balaban J connectivity index is 0.000000882. The first-order valence-corrected chi connectivity index (χ1v) is 7.41. The molecule has 0 aliphatic rings. The average Bonchev–Trinajstić information content (AvgIpc) is 2.87. The van der Waals surface area contributed by atoms with E-state index < -0.39 is 0 Å². The van der Waals surface area contributed by atoms with E-state index in [1.165, 1.54) is 31.3 Å². The molecule has 4 aromatic rings. The Labute approximate surface area is 134 Å². The number of rotatable bonds is 1. The van der Waals surface area contributed by atoms with Gasteiger partial charge >= 0.3 is 123 Å². The molecule has 0 saturated heterocycles. The van der Waals surface area contributed by atoms with Gasteiger partial charge in [-0.25, -0.2) is 0 Å². The van der Waals surface area contributed by atoms with E-state index in [0.717, 1.165) is 5.46 Å². The quantitative estimate of drug-likeness (QED) is 0.496. The van der Waals surface area contributed by atoms with Crippen molar-refractivity contribution < 1.29 is 11.0 Å². The fourth-order valence-electron chi connectivity index (χ4n) is 2.64. The van der Waals surface area contributed by atoms with Crippen LogP contribution in [-0.2, 0) is 0 Å². The van der Waals surface area contributed by atoms with Crippen molar-refractivity contribution in [1.29, 1.82) is 0 Å². The van der Waals surface area contributed by atoms with E-state index in [9.17, 15) is 0 Å². The molecule has 0 radical (unpaired) electrons. The molecule has 1 aromatic heterocycles. The number of benzene rings is 3. The summed E-state index contributed by atoms with van der Waals surface area (Å²) in [6.45, 7) is 0. The van der Waals surface area contributed by atoms with E-state index in [1.807, 2.05) is 23.5 Å². The van der Waals surface area contributed by atoms with E-state index in [4.69, 9.17) is 7.85 Å². The van der Waals surface area contributed by atoms with Gasteiger partial charge in [0.2, 0.25) is 0 Å². The smallest absolute Gasteiger partial charge is 0.870 e. The molecule has 106 valence electrons. The number of hydrogen-bond acceptors (Lipinski definition) is 3. The molecule has 4 rings (SSSR count). The summed E-state index contributed by atoms with van der Waals surface area (Å²) in [6, 6.07) is 23.2. The van der Waals surface area contributed by atoms with Gasteiger partial charge in [-0.05, 0) is 0 Å². The molecule has 0 bridgehead atoms. The Bertz CT molecular complexity index is 913. The Morgan fingerprint density at radius 1 is 0.682 bits per heavy atom. The molecule has 0 spiro atoms. The first-order chi connectivity index (χ1) is 9.83. The molecule has 0 saturated carbocycles. The maximum atomic E-state index is 5.78. The summed E-state index contributed by atoms with van der Waals surface area (Å²) in [5, 5.41) is 2.67. The zero-order valence-electron chi connectivity index (χ0n) is 11.7. The zero-order chi connectivity index (χ0) is 13.5. The SMILES string of the molecule is [B+2]c1ccc(-c2cccc3c2sc2ccccc23)cc1.[OH-].[OH-]. The second-order valence-electron chi connectivity index (χ2n) is 4.90. The molecule has 0 fully saturated rings. The molecule has 2 N–H and O–H groups in total. The monoisotopic (exact) mass is 304 g/mol. The molecule has 4 heteroatoms. The van der Waals surface area contributed by atoms with Crippen molar-refractivity contribution >= 4 is 44.8 Å². The summed E-state index contributed by atoms with van der Waals surface area (Å²) in [5.41, 5.74) is 3.30. The standard InChI is InChI=1S/C18H11BS.2H2O/c19-13-10-8-12(9-11-13)14-5-3-6-16-15-4-1-2-7-17(15)20-18(14)16;;/h1-11H;2*1H2/q+2;;/p-2. The second kappa shape index (κ2) is 6.32. The van der Waals surface area contributed by atoms with Gasteiger partial charge in [-0.2, -0.15) is 0 Å². The van der Waals surface area contributed by atoms with Gasteiger partial charge in [0.25, 0.3) is 0 Å². The Morgan fingerprint density at radius 3 is 2.14 bits per heavy atom. The van der Waals surface area contributed by atoms with Crippen molar-refractivity contribution in [3.8, 4) is 11.1 Å². The summed E-state index contributed by atoms with van der Waals surface area (Å²) < 4.78 is 2.68. The average molecular weight is 304 g/mol. The molecule has 0 amide bonds. The molecular weight excluding hydrogens is 291 g/mol. The molecule has 2 nitrogen and oxygen atoms in total. The van der Waals surface area contributed by atoms with Gasteiger partial charge in [-0.15, -0.1) is 0 Å². The van der Waals surface area contributed by atoms with Crippen LogP contribution in [0.2, 0.25) is 0 Å². The third-order valence-electron chi connectivity index (χ3n) is 3.63. The Morgan fingerprint density at radius 2 is 1.36 bits per heavy atom. The van der Waals surface area contributed by atoms with Gasteiger partial charge in [0, 0.05) is 0 Å². The summed E-state index contributed by atoms with van der Waals surface area (Å²) >= 11 is 1.86. The van der Waals surface area contributed by atoms with Gasteiger partial charge in [0.15, 0.2) is 0 Å². The van der Waals surface area contributed by atoms with E-state index in [2.05, 4.69) is 54.6 Å². The van der Waals surface area contributed by atoms with E-state index >= 15 is 0 Å². The van der Waals surface area contributed by atoms with E-state index in [0.29, 0.717) is 0 Å². The zero-order valence-corrected chi connectivity index (χ0v) is 12.5. The van der Waals surface area contributed by atoms with E-state index in [1.54, 1.807) is 0 Å². The van der Waals surface area contributed by atoms with Crippen LogP contribution in [0.25, 0.3) is 31.3 Å². The van der Waals surface area contributed by atoms with Crippen molar-refractivity contribution in [3.05, 3.63) is 66.7 Å². The van der Waals surface area contributed by atoms with Gasteiger partial charge in [-0.1, -0.05) is 0 Å². The normalized spacial score (nSPS) is 10.3. The molecular formula is C18H13BO2S. The fourth-order valence-corrected chi connectivity index (χ4v) is 3.88. The summed E-state index contributed by atoms with van der Waals surface area (Å²) in [5.74, 6) is 0. The Hall–Kier alpha value is -2.14. The van der Waals surface area contributed by atoms with Gasteiger partial charge in [0.05, 0.1) is 0 Å². The maximum absolute atomic E-state index is 5.78. The van der Waals surface area contributed by atoms with Crippen LogP contribution in [0.1, 0.15) is 0 Å². The predicted octanol–water partition coefficient (Wildman–Crippen LogP) is 4.16. The van der Waals surface area contributed by atoms with Crippen LogP contribution in [0.15, 0.2) is 66.7 Å². The van der Waals surface area contributed by atoms with Crippen molar-refractivity contribution in [2.45, 2.75) is 0 Å². The van der Waals surface area contributed by atoms with Crippen LogP contribution >= 0.6 is 11.3 Å². The second-order valence-corrected chi connectivity index (χ2v) is 5.95. The largest absolute Gasteiger partial charge is 0.870 e. The van der Waals surface area contributed by atoms with Gasteiger partial charge < -0.3 is 11.0 Å². The molecule has 0 aliphatic heterocycles. The minimum atomic E-state index is 0. The van der Waals surface area contributed by atoms with E-state index in [-0.39, 0.29) is 11.0 Å². The number of fused-ring (bicyclic) bond motifs is 3. The van der Waals surface area contributed by atoms with Crippen molar-refractivity contribution in [2.75, 3.05) is 0 Å². The van der Waals surface area contributed by atoms with Gasteiger partial charge in [0.1, 0.15) is 0 Å². The molecule has 0 atom stereocenters. The minimum Gasteiger partial charge on any atom is -0.870 e. The van der Waals surface area contributed by atoms with Crippen LogP contribution < -0.4 is 5.46 Å². The minimum absolute atomic E-state index is 0. The van der Waals surface area contributed by atoms with Crippen LogP contribution in [-0.4, -0.2) is 18.8 Å². The molecule has 1 heterocycles. The van der Waals surface area contributed by atoms with Crippen molar-refractivity contribution in [3.63, 3.8) is 0 Å². The van der Waals surface area contributed by atoms with Crippen LogP contribution in [0, 0.1) is 0 Å². The number of hydrogen-bond donors (Lipinski definition) is 0. The van der Waals surface area contributed by atoms with Crippen LogP contribution in [0.3, 0.4) is 0 Å². The summed E-state index contributed by atoms with van der Waals surface area (Å²) in [7, 11) is 5.78. The number of thiophene rings is 1. The van der Waals surface area contributed by atoms with Crippen LogP contribution in [0.4, 0.5) is 0 Å². The van der Waals surface area contributed by atoms with Crippen molar-refractivity contribution in [1.82, 2.24) is 0 Å². The van der Waals surface area contributed by atoms with Crippen molar-refractivity contribution in [2.24, 2.45) is 0 Å². The molecule has 0 unspecified atom stereocenters. The third kappa shape index (κ3) is 2.52. The summed E-state index contributed by atoms with van der Waals surface area (Å²) in [4.78, 5) is 0. The van der Waals surface area contributed by atoms with Crippen LogP contribution in [0.5, 0.6) is 0 Å². The fraction of sp³-hybridized carbons (Fsp3) is 0. The van der Waals surface area contributed by atoms with Gasteiger partial charge in [-0.3, -0.25) is 0 Å². The maximum Gasteiger partial charge on any atom is -0.870 e. The third-order valence-corrected chi connectivity index (χ3v) is 4.85. The first-order valence-electron chi connectivity index (χ1n) is 6.59. The molecule has 0 aliphatic carbocycles. The molecule has 22 heavy (non-hydrogen) atoms. The topological polar surface area (TPSA) is 60.0 Å². The Kier molecular flexibility index (Phi) is 4.67.